The van der Waals surface area contributed by atoms with Gasteiger partial charge in [-0.15, -0.1) is 0 Å². The lowest BCUT2D eigenvalue weighted by Crippen LogP contribution is -2.39. The Morgan fingerprint density at radius 3 is 2.39 bits per heavy atom. The molecule has 0 spiro atoms. The average Bonchev–Trinajstić information content (AvgIpc) is 3.18. The van der Waals surface area contributed by atoms with E-state index in [2.05, 4.69) is 9.84 Å². The number of ether oxygens (including phenoxy) is 2. The molecule has 2 aromatic carbocycles. The van der Waals surface area contributed by atoms with E-state index >= 15 is 0 Å². The first-order chi connectivity index (χ1) is 14.9. The molecule has 3 aromatic rings. The summed E-state index contributed by atoms with van der Waals surface area (Å²) in [7, 11) is 1.13. The van der Waals surface area contributed by atoms with Gasteiger partial charge >= 0.3 is 12.1 Å². The largest absolute Gasteiger partial charge is 0.453 e. The van der Waals surface area contributed by atoms with Crippen LogP contribution in [-0.2, 0) is 20.8 Å². The summed E-state index contributed by atoms with van der Waals surface area (Å²) in [6.45, 7) is 3.80. The zero-order valence-corrected chi connectivity index (χ0v) is 17.5. The summed E-state index contributed by atoms with van der Waals surface area (Å²) < 4.78 is 11.3. The van der Waals surface area contributed by atoms with Crippen molar-refractivity contribution in [3.05, 3.63) is 77.5 Å². The topological polar surface area (TPSA) is 99.5 Å². The molecule has 0 saturated heterocycles. The molecule has 0 unspecified atom stereocenters. The summed E-state index contributed by atoms with van der Waals surface area (Å²) in [5.74, 6) is -1.50. The number of methoxy groups -OCH3 is 1. The van der Waals surface area contributed by atoms with Gasteiger partial charge in [0.2, 0.25) is 0 Å². The first-order valence-corrected chi connectivity index (χ1v) is 9.65. The molecule has 1 atom stereocenters. The Hall–Kier alpha value is -3.94. The summed E-state index contributed by atoms with van der Waals surface area (Å²) in [6, 6.07) is 17.3. The van der Waals surface area contributed by atoms with Crippen LogP contribution in [0.5, 0.6) is 0 Å². The second kappa shape index (κ2) is 9.71. The van der Waals surface area contributed by atoms with Crippen molar-refractivity contribution >= 4 is 18.0 Å². The number of alkyl carbamates (subject to hydrolysis) is 1. The van der Waals surface area contributed by atoms with Crippen molar-refractivity contribution < 1.29 is 23.9 Å². The van der Waals surface area contributed by atoms with Crippen LogP contribution >= 0.6 is 0 Å². The number of amides is 2. The van der Waals surface area contributed by atoms with E-state index in [1.54, 1.807) is 10.9 Å². The van der Waals surface area contributed by atoms with E-state index in [4.69, 9.17) is 4.74 Å². The molecule has 2 amide bonds. The molecule has 0 bridgehead atoms. The Bertz CT molecular complexity index is 1070. The van der Waals surface area contributed by atoms with Gasteiger partial charge in [0.15, 0.2) is 6.10 Å². The number of aromatic nitrogens is 2. The lowest BCUT2D eigenvalue weighted by Gasteiger charge is -2.12. The van der Waals surface area contributed by atoms with Gasteiger partial charge in [-0.3, -0.25) is 14.8 Å². The van der Waals surface area contributed by atoms with Crippen LogP contribution in [0.1, 0.15) is 28.4 Å². The fraction of sp³-hybridized carbons (Fsp3) is 0.217. The van der Waals surface area contributed by atoms with Crippen LogP contribution in [0.15, 0.2) is 60.8 Å². The molecular formula is C23H23N3O5. The molecule has 3 rings (SSSR count). The molecule has 1 heterocycles. The van der Waals surface area contributed by atoms with E-state index in [1.165, 1.54) is 6.92 Å². The van der Waals surface area contributed by atoms with Gasteiger partial charge in [0, 0.05) is 11.8 Å². The third-order valence-corrected chi connectivity index (χ3v) is 4.56. The number of imide groups is 1. The van der Waals surface area contributed by atoms with Crippen LogP contribution in [0.25, 0.3) is 11.3 Å². The third-order valence-electron chi connectivity index (χ3n) is 4.56. The number of nitrogens with zero attached hydrogens (tertiary/aromatic N) is 2. The fourth-order valence-corrected chi connectivity index (χ4v) is 2.88. The number of hydrogen-bond donors (Lipinski definition) is 1. The summed E-state index contributed by atoms with van der Waals surface area (Å²) >= 11 is 0. The Morgan fingerprint density at radius 1 is 1.06 bits per heavy atom. The van der Waals surface area contributed by atoms with Crippen molar-refractivity contribution in [2.24, 2.45) is 0 Å². The third kappa shape index (κ3) is 5.57. The zero-order valence-electron chi connectivity index (χ0n) is 17.5. The molecule has 0 aliphatic carbocycles. The second-order valence-corrected chi connectivity index (χ2v) is 6.97. The fourth-order valence-electron chi connectivity index (χ4n) is 2.88. The van der Waals surface area contributed by atoms with Crippen molar-refractivity contribution in [3.63, 3.8) is 0 Å². The molecule has 0 aliphatic rings. The van der Waals surface area contributed by atoms with Crippen LogP contribution in [0.2, 0.25) is 0 Å². The summed E-state index contributed by atoms with van der Waals surface area (Å²) in [6.07, 6.45) is -0.533. The number of esters is 1. The van der Waals surface area contributed by atoms with Gasteiger partial charge in [0.1, 0.15) is 11.3 Å². The first-order valence-electron chi connectivity index (χ1n) is 9.65. The van der Waals surface area contributed by atoms with Crippen molar-refractivity contribution in [2.75, 3.05) is 7.11 Å². The molecule has 160 valence electrons. The van der Waals surface area contributed by atoms with Gasteiger partial charge in [-0.1, -0.05) is 60.2 Å². The van der Waals surface area contributed by atoms with Crippen LogP contribution in [-0.4, -0.2) is 41.0 Å². The Morgan fingerprint density at radius 2 is 1.74 bits per heavy atom. The van der Waals surface area contributed by atoms with Crippen LogP contribution in [0.4, 0.5) is 4.79 Å². The van der Waals surface area contributed by atoms with Gasteiger partial charge in [-0.05, 0) is 19.4 Å². The monoisotopic (exact) mass is 421 g/mol. The molecule has 0 aliphatic heterocycles. The molecule has 0 radical (unpaired) electrons. The first kappa shape index (κ1) is 21.8. The van der Waals surface area contributed by atoms with E-state index in [-0.39, 0.29) is 5.56 Å². The minimum absolute atomic E-state index is 0.220. The predicted octanol–water partition coefficient (Wildman–Crippen LogP) is 3.33. The highest BCUT2D eigenvalue weighted by Gasteiger charge is 2.25. The predicted molar refractivity (Wildman–Crippen MR) is 113 cm³/mol. The minimum Gasteiger partial charge on any atom is -0.453 e. The van der Waals surface area contributed by atoms with Crippen molar-refractivity contribution in [1.82, 2.24) is 15.1 Å². The molecule has 31 heavy (non-hydrogen) atoms. The summed E-state index contributed by atoms with van der Waals surface area (Å²) in [5, 5.41) is 6.56. The maximum Gasteiger partial charge on any atom is 0.413 e. The van der Waals surface area contributed by atoms with Gasteiger partial charge in [0.05, 0.1) is 13.7 Å². The van der Waals surface area contributed by atoms with Crippen molar-refractivity contribution in [1.29, 1.82) is 0 Å². The maximum atomic E-state index is 12.9. The van der Waals surface area contributed by atoms with Gasteiger partial charge in [-0.25, -0.2) is 9.59 Å². The second-order valence-electron chi connectivity index (χ2n) is 6.97. The van der Waals surface area contributed by atoms with Crippen molar-refractivity contribution in [3.8, 4) is 11.3 Å². The lowest BCUT2D eigenvalue weighted by atomic mass is 10.1. The number of carbonyl (C=O) groups is 3. The van der Waals surface area contributed by atoms with Crippen LogP contribution in [0, 0.1) is 6.92 Å². The molecule has 1 N–H and O–H groups in total. The zero-order chi connectivity index (χ0) is 22.4. The van der Waals surface area contributed by atoms with Crippen LogP contribution in [0.3, 0.4) is 0 Å². The number of aryl methyl sites for hydroxylation is 1. The molecule has 8 nitrogen and oxygen atoms in total. The highest BCUT2D eigenvalue weighted by molar-refractivity contribution is 5.99. The van der Waals surface area contributed by atoms with E-state index in [9.17, 15) is 14.4 Å². The number of rotatable bonds is 6. The number of nitrogens with one attached hydrogen (secondary N) is 1. The number of hydrogen-bond acceptors (Lipinski definition) is 6. The standard InChI is InChI=1S/C23H23N3O5/c1-15-9-11-18(12-10-15)20-19(14-26(25-20)13-17-7-5-4-6-8-17)22(28)31-16(2)21(27)24-23(29)30-3/h4-12,14,16H,13H2,1-3H3,(H,24,27,29)/t16-/m1/s1. The minimum atomic E-state index is -1.20. The number of carbonyl (C=O) groups excluding carboxylic acids is 3. The van der Waals surface area contributed by atoms with E-state index < -0.39 is 24.1 Å². The smallest absolute Gasteiger partial charge is 0.413 e. The lowest BCUT2D eigenvalue weighted by molar-refractivity contribution is -0.128. The molecule has 0 fully saturated rings. The highest BCUT2D eigenvalue weighted by Crippen LogP contribution is 2.24. The Balaban J connectivity index is 1.87. The van der Waals surface area contributed by atoms with Gasteiger partial charge in [0.25, 0.3) is 5.91 Å². The normalized spacial score (nSPS) is 11.5. The molecular weight excluding hydrogens is 398 g/mol. The quantitative estimate of drug-likeness (QED) is 0.613. The van der Waals surface area contributed by atoms with E-state index in [1.807, 2.05) is 66.8 Å². The van der Waals surface area contributed by atoms with Gasteiger partial charge in [-0.2, -0.15) is 5.10 Å². The maximum absolute atomic E-state index is 12.9. The highest BCUT2D eigenvalue weighted by atomic mass is 16.6. The van der Waals surface area contributed by atoms with Gasteiger partial charge < -0.3 is 9.47 Å². The molecule has 8 heteroatoms. The van der Waals surface area contributed by atoms with Crippen molar-refractivity contribution in [2.45, 2.75) is 26.5 Å². The Labute approximate surface area is 179 Å². The SMILES string of the molecule is COC(=O)NC(=O)[C@@H](C)OC(=O)c1cn(Cc2ccccc2)nc1-c1ccc(C)cc1. The summed E-state index contributed by atoms with van der Waals surface area (Å²) in [4.78, 5) is 36.1. The average molecular weight is 421 g/mol. The molecule has 0 saturated carbocycles. The van der Waals surface area contributed by atoms with Crippen LogP contribution < -0.4 is 5.32 Å². The molecule has 1 aromatic heterocycles. The Kier molecular flexibility index (Phi) is 6.81. The van der Waals surface area contributed by atoms with E-state index in [0.717, 1.165) is 23.8 Å². The summed E-state index contributed by atoms with van der Waals surface area (Å²) in [5.41, 5.74) is 3.51. The number of benzene rings is 2. The van der Waals surface area contributed by atoms with E-state index in [0.29, 0.717) is 12.2 Å².